The van der Waals surface area contributed by atoms with Crippen LogP contribution in [0.5, 0.6) is 0 Å². The standard InChI is InChI=1S/C62H34N8/c1-64-52-19-9-4-17-48(52)55-37-54(67-62(68-55)49-18-5-10-20-53(49)65-2)42-30-26-40(27-31-42)39-24-28-41(29-25-39)50-36-56(66-3)61(34-43(50)38-63)70-59-23-13-8-16-47(59)51-35-44(32-33-60(51)70)69-57-21-11-6-14-45(57)46-15-7-12-22-58(46)69/h4-37H. The van der Waals surface area contributed by atoms with Crippen molar-refractivity contribution >= 4 is 60.7 Å². The molecule has 8 nitrogen and oxygen atoms in total. The molecule has 8 heteroatoms. The van der Waals surface area contributed by atoms with Crippen LogP contribution in [0.2, 0.25) is 0 Å². The highest BCUT2D eigenvalue weighted by molar-refractivity contribution is 6.12. The quantitative estimate of drug-likeness (QED) is 0.150. The minimum Gasteiger partial charge on any atom is -0.319 e. The van der Waals surface area contributed by atoms with Crippen LogP contribution in [0.1, 0.15) is 5.56 Å². The summed E-state index contributed by atoms with van der Waals surface area (Å²) in [5, 5.41) is 15.2. The molecule has 0 atom stereocenters. The summed E-state index contributed by atoms with van der Waals surface area (Å²) >= 11 is 0. The van der Waals surface area contributed by atoms with Crippen LogP contribution < -0.4 is 0 Å². The van der Waals surface area contributed by atoms with E-state index in [0.717, 1.165) is 60.8 Å². The van der Waals surface area contributed by atoms with Crippen molar-refractivity contribution in [1.82, 2.24) is 19.1 Å². The van der Waals surface area contributed by atoms with E-state index >= 15 is 0 Å². The van der Waals surface area contributed by atoms with Gasteiger partial charge in [0.1, 0.15) is 5.82 Å². The fourth-order valence-corrected chi connectivity index (χ4v) is 9.81. The summed E-state index contributed by atoms with van der Waals surface area (Å²) in [5.74, 6) is 0.407. The topological polar surface area (TPSA) is 72.5 Å². The van der Waals surface area contributed by atoms with Gasteiger partial charge in [-0.2, -0.15) is 5.26 Å². The van der Waals surface area contributed by atoms with E-state index in [4.69, 9.17) is 29.7 Å². The Hall–Kier alpha value is -10.4. The minimum absolute atomic E-state index is 0.407. The molecule has 0 saturated heterocycles. The SMILES string of the molecule is [C-]#[N+]c1ccccc1-c1cc(-c2ccc(-c3ccc(-c4cc([N+]#[C-])c(-n5c6ccccc6c6cc(-n7c8ccccc8c8ccccc87)ccc65)cc4C#N)cc3)cc2)nc(-c2ccccc2[N+]#[C-])n1. The van der Waals surface area contributed by atoms with Gasteiger partial charge in [0, 0.05) is 43.9 Å². The molecule has 0 spiro atoms. The van der Waals surface area contributed by atoms with E-state index in [2.05, 4.69) is 109 Å². The van der Waals surface area contributed by atoms with E-state index in [1.54, 1.807) is 12.1 Å². The first-order chi connectivity index (χ1) is 34.5. The monoisotopic (exact) mass is 890 g/mol. The minimum atomic E-state index is 0.407. The van der Waals surface area contributed by atoms with Gasteiger partial charge >= 0.3 is 0 Å². The first-order valence-corrected chi connectivity index (χ1v) is 22.6. The summed E-state index contributed by atoms with van der Waals surface area (Å²) in [5.41, 5.74) is 14.6. The average molecular weight is 891 g/mol. The molecule has 0 fully saturated rings. The Morgan fingerprint density at radius 2 is 0.871 bits per heavy atom. The molecule has 70 heavy (non-hydrogen) atoms. The third-order valence-electron chi connectivity index (χ3n) is 13.1. The molecule has 12 aromatic rings. The molecule has 0 amide bonds. The number of nitrogens with zero attached hydrogens (tertiary/aromatic N) is 8. The Morgan fingerprint density at radius 1 is 0.386 bits per heavy atom. The molecule has 0 N–H and O–H groups in total. The number of benzene rings is 9. The Labute approximate surface area is 402 Å². The lowest BCUT2D eigenvalue weighted by Crippen LogP contribution is -1.98. The van der Waals surface area contributed by atoms with E-state index in [0.29, 0.717) is 62.2 Å². The Morgan fingerprint density at radius 3 is 1.49 bits per heavy atom. The molecule has 12 rings (SSSR count). The third kappa shape index (κ3) is 6.73. The van der Waals surface area contributed by atoms with Crippen LogP contribution in [0.3, 0.4) is 0 Å². The summed E-state index contributed by atoms with van der Waals surface area (Å²) in [6, 6.07) is 70.6. The zero-order valence-electron chi connectivity index (χ0n) is 37.2. The molecular formula is C62H34N8. The largest absolute Gasteiger partial charge is 0.319 e. The van der Waals surface area contributed by atoms with Crippen LogP contribution in [0.25, 0.3) is 126 Å². The zero-order chi connectivity index (χ0) is 47.3. The smallest absolute Gasteiger partial charge is 0.211 e. The number of rotatable bonds is 7. The van der Waals surface area contributed by atoms with Gasteiger partial charge < -0.3 is 9.13 Å². The summed E-state index contributed by atoms with van der Waals surface area (Å²) in [6.45, 7) is 24.0. The van der Waals surface area contributed by atoms with Crippen molar-refractivity contribution in [1.29, 1.82) is 5.26 Å². The molecule has 0 bridgehead atoms. The van der Waals surface area contributed by atoms with Crippen LogP contribution in [-0.4, -0.2) is 19.1 Å². The van der Waals surface area contributed by atoms with Crippen molar-refractivity contribution < 1.29 is 0 Å². The van der Waals surface area contributed by atoms with Gasteiger partial charge in [-0.3, -0.25) is 0 Å². The molecule has 0 saturated carbocycles. The van der Waals surface area contributed by atoms with Crippen LogP contribution >= 0.6 is 0 Å². The van der Waals surface area contributed by atoms with Gasteiger partial charge in [0.25, 0.3) is 0 Å². The van der Waals surface area contributed by atoms with Crippen LogP contribution in [0, 0.1) is 31.0 Å². The Kier molecular flexibility index (Phi) is 9.86. The number of aromatic nitrogens is 4. The van der Waals surface area contributed by atoms with Gasteiger partial charge in [0.05, 0.1) is 70.5 Å². The predicted octanol–water partition coefficient (Wildman–Crippen LogP) is 16.5. The van der Waals surface area contributed by atoms with Gasteiger partial charge in [-0.25, -0.2) is 24.5 Å². The molecule has 0 aliphatic heterocycles. The fourth-order valence-electron chi connectivity index (χ4n) is 9.81. The molecule has 0 unspecified atom stereocenters. The normalized spacial score (nSPS) is 11.1. The van der Waals surface area contributed by atoms with Crippen LogP contribution in [-0.2, 0) is 0 Å². The van der Waals surface area contributed by atoms with Crippen molar-refractivity contribution in [2.24, 2.45) is 0 Å². The lowest BCUT2D eigenvalue weighted by molar-refractivity contribution is 1.17. The molecule has 322 valence electrons. The number of hydrogen-bond acceptors (Lipinski definition) is 3. The highest BCUT2D eigenvalue weighted by Crippen LogP contribution is 2.42. The predicted molar refractivity (Wildman–Crippen MR) is 281 cm³/mol. The van der Waals surface area contributed by atoms with Crippen LogP contribution in [0.4, 0.5) is 17.1 Å². The van der Waals surface area contributed by atoms with Crippen molar-refractivity contribution in [3.05, 3.63) is 246 Å². The van der Waals surface area contributed by atoms with Crippen molar-refractivity contribution in [3.63, 3.8) is 0 Å². The summed E-state index contributed by atoms with van der Waals surface area (Å²) in [7, 11) is 0. The van der Waals surface area contributed by atoms with E-state index in [1.165, 1.54) is 10.8 Å². The van der Waals surface area contributed by atoms with Gasteiger partial charge in [0.2, 0.25) is 5.69 Å². The van der Waals surface area contributed by atoms with E-state index < -0.39 is 0 Å². The molecule has 3 heterocycles. The van der Waals surface area contributed by atoms with Gasteiger partial charge in [0.15, 0.2) is 11.4 Å². The zero-order valence-corrected chi connectivity index (χ0v) is 37.2. The highest BCUT2D eigenvalue weighted by atomic mass is 15.0. The second-order valence-corrected chi connectivity index (χ2v) is 16.9. The Bertz CT molecular complexity index is 4150. The first kappa shape index (κ1) is 41.1. The molecule has 0 aliphatic carbocycles. The lowest BCUT2D eigenvalue weighted by atomic mass is 9.95. The molecule has 0 radical (unpaired) electrons. The van der Waals surface area contributed by atoms with Gasteiger partial charge in [-0.05, 0) is 76.9 Å². The van der Waals surface area contributed by atoms with Gasteiger partial charge in [-0.15, -0.1) is 0 Å². The summed E-state index contributed by atoms with van der Waals surface area (Å²) in [6.07, 6.45) is 0. The maximum atomic E-state index is 10.7. The lowest BCUT2D eigenvalue weighted by Gasteiger charge is -2.15. The number of fused-ring (bicyclic) bond motifs is 6. The van der Waals surface area contributed by atoms with E-state index in [1.807, 2.05) is 115 Å². The molecule has 9 aromatic carbocycles. The molecule has 0 aliphatic rings. The average Bonchev–Trinajstić information content (AvgIpc) is 3.95. The van der Waals surface area contributed by atoms with Gasteiger partial charge in [-0.1, -0.05) is 152 Å². The second-order valence-electron chi connectivity index (χ2n) is 16.9. The van der Waals surface area contributed by atoms with Crippen LogP contribution in [0.15, 0.2) is 206 Å². The number of hydrogen-bond donors (Lipinski definition) is 0. The number of para-hydroxylation sites is 5. The second kappa shape index (κ2) is 16.8. The maximum absolute atomic E-state index is 10.7. The van der Waals surface area contributed by atoms with E-state index in [9.17, 15) is 5.26 Å². The van der Waals surface area contributed by atoms with E-state index in [-0.39, 0.29) is 0 Å². The van der Waals surface area contributed by atoms with Crippen molar-refractivity contribution in [3.8, 4) is 73.6 Å². The maximum Gasteiger partial charge on any atom is 0.211 e. The molecule has 3 aromatic heterocycles. The summed E-state index contributed by atoms with van der Waals surface area (Å²) < 4.78 is 4.43. The molecular weight excluding hydrogens is 857 g/mol. The fraction of sp³-hybridized carbons (Fsp3) is 0. The highest BCUT2D eigenvalue weighted by Gasteiger charge is 2.21. The Balaban J connectivity index is 0.893. The number of nitriles is 1. The first-order valence-electron chi connectivity index (χ1n) is 22.6. The van der Waals surface area contributed by atoms with Crippen molar-refractivity contribution in [2.75, 3.05) is 0 Å². The van der Waals surface area contributed by atoms with Crippen molar-refractivity contribution in [2.45, 2.75) is 0 Å². The summed E-state index contributed by atoms with van der Waals surface area (Å²) in [4.78, 5) is 21.3. The third-order valence-corrected chi connectivity index (χ3v) is 13.1.